The first kappa shape index (κ1) is 19.2. The largest absolute Gasteiger partial charge is 0.460 e. The normalized spacial score (nSPS) is 17.3. The number of aromatic amines is 1. The second-order valence-corrected chi connectivity index (χ2v) is 9.67. The van der Waals surface area contributed by atoms with Gasteiger partial charge in [-0.1, -0.05) is 49.0 Å². The first-order chi connectivity index (χ1) is 13.5. The summed E-state index contributed by atoms with van der Waals surface area (Å²) in [5.41, 5.74) is 2.00. The highest BCUT2D eigenvalue weighted by atomic mass is 32.2. The Morgan fingerprint density at radius 2 is 2.18 bits per heavy atom. The van der Waals surface area contributed by atoms with Crippen LogP contribution in [-0.2, 0) is 29.0 Å². The SMILES string of the molecule is C[C@@H]1CCc2c(sc3nc(S[C@@H](C)C(=O)OCc4ccccc4)[nH]c(=O)c23)C1. The highest BCUT2D eigenvalue weighted by molar-refractivity contribution is 8.00. The molecule has 7 heteroatoms. The van der Waals surface area contributed by atoms with E-state index in [2.05, 4.69) is 16.9 Å². The van der Waals surface area contributed by atoms with Crippen molar-refractivity contribution in [3.05, 3.63) is 56.7 Å². The maximum Gasteiger partial charge on any atom is 0.319 e. The van der Waals surface area contributed by atoms with Crippen LogP contribution in [0.4, 0.5) is 0 Å². The number of fused-ring (bicyclic) bond motifs is 3. The quantitative estimate of drug-likeness (QED) is 0.382. The number of thioether (sulfide) groups is 1. The Hall–Kier alpha value is -2.12. The zero-order valence-corrected chi connectivity index (χ0v) is 17.5. The summed E-state index contributed by atoms with van der Waals surface area (Å²) in [6, 6.07) is 9.57. The molecular formula is C21H22N2O3S2. The van der Waals surface area contributed by atoms with Crippen molar-refractivity contribution in [3.63, 3.8) is 0 Å². The van der Waals surface area contributed by atoms with Gasteiger partial charge in [0.2, 0.25) is 0 Å². The lowest BCUT2D eigenvalue weighted by Crippen LogP contribution is -2.18. The Bertz CT molecular complexity index is 1060. The van der Waals surface area contributed by atoms with Crippen LogP contribution in [0.25, 0.3) is 10.2 Å². The average Bonchev–Trinajstić information content (AvgIpc) is 3.04. The molecule has 4 rings (SSSR count). The number of aryl methyl sites for hydroxylation is 1. The van der Waals surface area contributed by atoms with E-state index in [-0.39, 0.29) is 18.1 Å². The third-order valence-electron chi connectivity index (χ3n) is 4.99. The van der Waals surface area contributed by atoms with E-state index in [9.17, 15) is 9.59 Å². The molecule has 1 aliphatic rings. The molecule has 5 nitrogen and oxygen atoms in total. The van der Waals surface area contributed by atoms with Gasteiger partial charge in [0, 0.05) is 4.88 Å². The lowest BCUT2D eigenvalue weighted by atomic mass is 9.89. The molecule has 146 valence electrons. The van der Waals surface area contributed by atoms with Gasteiger partial charge in [0.05, 0.1) is 5.39 Å². The van der Waals surface area contributed by atoms with E-state index in [1.807, 2.05) is 30.3 Å². The summed E-state index contributed by atoms with van der Waals surface area (Å²) in [4.78, 5) is 34.5. The van der Waals surface area contributed by atoms with E-state index >= 15 is 0 Å². The topological polar surface area (TPSA) is 72.0 Å². The highest BCUT2D eigenvalue weighted by Gasteiger charge is 2.24. The Morgan fingerprint density at radius 3 is 2.96 bits per heavy atom. The molecule has 0 radical (unpaired) electrons. The number of H-pyrrole nitrogens is 1. The number of thiophene rings is 1. The van der Waals surface area contributed by atoms with E-state index in [0.29, 0.717) is 11.1 Å². The Kier molecular flexibility index (Phi) is 5.55. The van der Waals surface area contributed by atoms with Crippen molar-refractivity contribution < 1.29 is 9.53 Å². The minimum absolute atomic E-state index is 0.107. The fourth-order valence-corrected chi connectivity index (χ4v) is 5.68. The van der Waals surface area contributed by atoms with Gasteiger partial charge in [-0.2, -0.15) is 0 Å². The number of carbonyl (C=O) groups is 1. The molecule has 0 fully saturated rings. The first-order valence-corrected chi connectivity index (χ1v) is 11.1. The van der Waals surface area contributed by atoms with Gasteiger partial charge in [-0.25, -0.2) is 4.98 Å². The smallest absolute Gasteiger partial charge is 0.319 e. The number of aromatic nitrogens is 2. The van der Waals surface area contributed by atoms with Gasteiger partial charge < -0.3 is 9.72 Å². The number of nitrogens with zero attached hydrogens (tertiary/aromatic N) is 1. The number of benzene rings is 1. The number of hydrogen-bond donors (Lipinski definition) is 1. The Morgan fingerprint density at radius 1 is 1.39 bits per heavy atom. The van der Waals surface area contributed by atoms with Gasteiger partial charge in [0.25, 0.3) is 5.56 Å². The second kappa shape index (κ2) is 8.09. The van der Waals surface area contributed by atoms with Crippen LogP contribution in [0.1, 0.15) is 36.3 Å². The van der Waals surface area contributed by atoms with Gasteiger partial charge >= 0.3 is 5.97 Å². The molecule has 0 amide bonds. The predicted octanol–water partition coefficient (Wildman–Crippen LogP) is 4.33. The maximum absolute atomic E-state index is 12.7. The molecule has 0 saturated heterocycles. The molecule has 0 unspecified atom stereocenters. The number of carbonyl (C=O) groups excluding carboxylic acids is 1. The lowest BCUT2D eigenvalue weighted by Gasteiger charge is -2.17. The lowest BCUT2D eigenvalue weighted by molar-refractivity contribution is -0.143. The molecule has 2 atom stereocenters. The maximum atomic E-state index is 12.7. The Labute approximate surface area is 171 Å². The number of nitrogens with one attached hydrogen (secondary N) is 1. The fraction of sp³-hybridized carbons (Fsp3) is 0.381. The summed E-state index contributed by atoms with van der Waals surface area (Å²) in [6.45, 7) is 4.25. The minimum atomic E-state index is -0.459. The van der Waals surface area contributed by atoms with Gasteiger partial charge in [0.1, 0.15) is 16.7 Å². The van der Waals surface area contributed by atoms with E-state index in [1.54, 1.807) is 18.3 Å². The standard InChI is InChI=1S/C21H22N2O3S2/c1-12-8-9-15-16(10-12)28-19-17(15)18(24)22-21(23-19)27-13(2)20(25)26-11-14-6-4-3-5-7-14/h3-7,12-13H,8-11H2,1-2H3,(H,22,23,24)/t12-,13+/m1/s1. The van der Waals surface area contributed by atoms with Crippen LogP contribution in [0.15, 0.2) is 40.3 Å². The third kappa shape index (κ3) is 4.00. The molecule has 1 N–H and O–H groups in total. The van der Waals surface area contributed by atoms with Crippen molar-refractivity contribution in [3.8, 4) is 0 Å². The van der Waals surface area contributed by atoms with Gasteiger partial charge in [-0.05, 0) is 43.2 Å². The van der Waals surface area contributed by atoms with Crippen LogP contribution in [0.3, 0.4) is 0 Å². The molecule has 0 bridgehead atoms. The third-order valence-corrected chi connectivity index (χ3v) is 7.10. The first-order valence-electron chi connectivity index (χ1n) is 9.43. The van der Waals surface area contributed by atoms with Crippen molar-refractivity contribution in [2.75, 3.05) is 0 Å². The average molecular weight is 415 g/mol. The van der Waals surface area contributed by atoms with E-state index in [4.69, 9.17) is 4.74 Å². The summed E-state index contributed by atoms with van der Waals surface area (Å²) in [7, 11) is 0. The summed E-state index contributed by atoms with van der Waals surface area (Å²) < 4.78 is 5.38. The molecule has 1 aliphatic carbocycles. The molecule has 0 saturated carbocycles. The second-order valence-electron chi connectivity index (χ2n) is 7.26. The van der Waals surface area contributed by atoms with Crippen LogP contribution >= 0.6 is 23.1 Å². The van der Waals surface area contributed by atoms with Crippen molar-refractivity contribution in [2.45, 2.75) is 50.1 Å². The van der Waals surface area contributed by atoms with Crippen LogP contribution in [0.2, 0.25) is 0 Å². The summed E-state index contributed by atoms with van der Waals surface area (Å²) in [5, 5.41) is 0.739. The minimum Gasteiger partial charge on any atom is -0.460 e. The van der Waals surface area contributed by atoms with Gasteiger partial charge in [-0.15, -0.1) is 11.3 Å². The zero-order chi connectivity index (χ0) is 19.7. The molecule has 28 heavy (non-hydrogen) atoms. The van der Waals surface area contributed by atoms with Crippen molar-refractivity contribution in [1.82, 2.24) is 9.97 Å². The molecular weight excluding hydrogens is 392 g/mol. The summed E-state index contributed by atoms with van der Waals surface area (Å²) in [6.07, 6.45) is 3.06. The monoisotopic (exact) mass is 414 g/mol. The van der Waals surface area contributed by atoms with E-state index in [1.165, 1.54) is 22.2 Å². The molecule has 0 aliphatic heterocycles. The number of ether oxygens (including phenoxy) is 1. The highest BCUT2D eigenvalue weighted by Crippen LogP contribution is 2.36. The molecule has 1 aromatic carbocycles. The van der Waals surface area contributed by atoms with Crippen LogP contribution < -0.4 is 5.56 Å². The molecule has 0 spiro atoms. The number of rotatable bonds is 5. The number of hydrogen-bond acceptors (Lipinski definition) is 6. The van der Waals surface area contributed by atoms with E-state index < -0.39 is 5.25 Å². The van der Waals surface area contributed by atoms with Gasteiger partial charge in [0.15, 0.2) is 5.16 Å². The fourth-order valence-electron chi connectivity index (χ4n) is 3.45. The molecule has 2 heterocycles. The molecule has 3 aromatic rings. The van der Waals surface area contributed by atoms with E-state index in [0.717, 1.165) is 35.0 Å². The number of esters is 1. The molecule has 2 aromatic heterocycles. The van der Waals surface area contributed by atoms with Crippen LogP contribution in [0.5, 0.6) is 0 Å². The Balaban J connectivity index is 1.48. The van der Waals surface area contributed by atoms with Crippen molar-refractivity contribution in [2.24, 2.45) is 5.92 Å². The van der Waals surface area contributed by atoms with Gasteiger partial charge in [-0.3, -0.25) is 9.59 Å². The zero-order valence-electron chi connectivity index (χ0n) is 15.9. The summed E-state index contributed by atoms with van der Waals surface area (Å²) in [5.74, 6) is 0.323. The van der Waals surface area contributed by atoms with Crippen molar-refractivity contribution in [1.29, 1.82) is 0 Å². The predicted molar refractivity (Wildman–Crippen MR) is 113 cm³/mol. The summed E-state index contributed by atoms with van der Waals surface area (Å²) >= 11 is 2.84. The van der Waals surface area contributed by atoms with Crippen LogP contribution in [0, 0.1) is 5.92 Å². The van der Waals surface area contributed by atoms with Crippen molar-refractivity contribution >= 4 is 39.3 Å². The van der Waals surface area contributed by atoms with Crippen LogP contribution in [-0.4, -0.2) is 21.2 Å².